The van der Waals surface area contributed by atoms with Gasteiger partial charge in [0.05, 0.1) is 11.1 Å². The van der Waals surface area contributed by atoms with Gasteiger partial charge in [0, 0.05) is 12.4 Å². The summed E-state index contributed by atoms with van der Waals surface area (Å²) in [6.45, 7) is 2.21. The Balaban J connectivity index is 1.58. The van der Waals surface area contributed by atoms with Crippen molar-refractivity contribution >= 4 is 17.5 Å². The summed E-state index contributed by atoms with van der Waals surface area (Å²) < 4.78 is 42.8. The molecule has 1 N–H and O–H groups in total. The molecule has 0 aliphatic carbocycles. The first-order valence-corrected chi connectivity index (χ1v) is 11.1. The summed E-state index contributed by atoms with van der Waals surface area (Å²) in [7, 11) is 0. The zero-order valence-corrected chi connectivity index (χ0v) is 19.4. The number of carbonyl (C=O) groups excluding carboxylic acids is 1. The second-order valence-electron chi connectivity index (χ2n) is 8.78. The lowest BCUT2D eigenvalue weighted by Gasteiger charge is -2.23. The second kappa shape index (κ2) is 8.74. The Hall–Kier alpha value is -4.28. The lowest BCUT2D eigenvalue weighted by molar-refractivity contribution is -0.153. The molecule has 1 aliphatic heterocycles. The smallest absolute Gasteiger partial charge is 0.422 e. The number of carbonyl (C=O) groups is 1. The lowest BCUT2D eigenvalue weighted by atomic mass is 9.78. The van der Waals surface area contributed by atoms with Crippen LogP contribution in [0.4, 0.5) is 24.8 Å². The van der Waals surface area contributed by atoms with E-state index < -0.39 is 18.2 Å². The van der Waals surface area contributed by atoms with Crippen molar-refractivity contribution in [1.82, 2.24) is 25.1 Å². The number of fused-ring (bicyclic) bond motifs is 1. The van der Waals surface area contributed by atoms with E-state index in [2.05, 4.69) is 25.1 Å². The summed E-state index contributed by atoms with van der Waals surface area (Å²) in [5, 5.41) is 6.96. The molecule has 36 heavy (non-hydrogen) atoms. The zero-order chi connectivity index (χ0) is 25.5. The van der Waals surface area contributed by atoms with E-state index >= 15 is 0 Å². The number of hydrogen-bond acceptors (Lipinski definition) is 6. The molecule has 2 aromatic carbocycles. The van der Waals surface area contributed by atoms with Crippen molar-refractivity contribution < 1.29 is 22.7 Å². The van der Waals surface area contributed by atoms with Crippen LogP contribution in [0.1, 0.15) is 23.9 Å². The number of benzene rings is 2. The number of rotatable bonds is 6. The number of H-pyrrole nitrogens is 1. The summed E-state index contributed by atoms with van der Waals surface area (Å²) in [6, 6.07) is 11.9. The SMILES string of the molecule is Cc1nc(N2C(=O)C(C)(Cc3cncnc3)c3cc(-c4cccc(OCC(F)(F)F)c4)ccc32)n[nH]1. The van der Waals surface area contributed by atoms with Crippen molar-refractivity contribution in [3.63, 3.8) is 0 Å². The molecule has 1 amide bonds. The van der Waals surface area contributed by atoms with E-state index in [1.807, 2.05) is 13.0 Å². The maximum absolute atomic E-state index is 13.8. The number of alkyl halides is 3. The van der Waals surface area contributed by atoms with Gasteiger partial charge in [-0.15, -0.1) is 5.10 Å². The molecule has 4 aromatic rings. The number of nitrogens with one attached hydrogen (secondary N) is 1. The van der Waals surface area contributed by atoms with Crippen molar-refractivity contribution in [3.8, 4) is 16.9 Å². The van der Waals surface area contributed by atoms with Crippen molar-refractivity contribution in [1.29, 1.82) is 0 Å². The van der Waals surface area contributed by atoms with Gasteiger partial charge in [-0.05, 0) is 66.8 Å². The van der Waals surface area contributed by atoms with E-state index in [1.165, 1.54) is 17.3 Å². The molecule has 2 aromatic heterocycles. The molecule has 184 valence electrons. The minimum absolute atomic E-state index is 0.100. The number of aryl methyl sites for hydroxylation is 1. The quantitative estimate of drug-likeness (QED) is 0.418. The molecule has 3 heterocycles. The maximum atomic E-state index is 13.8. The van der Waals surface area contributed by atoms with Crippen LogP contribution in [0.3, 0.4) is 0 Å². The summed E-state index contributed by atoms with van der Waals surface area (Å²) in [5.74, 6) is 0.696. The third-order valence-electron chi connectivity index (χ3n) is 6.03. The van der Waals surface area contributed by atoms with Gasteiger partial charge in [0.1, 0.15) is 17.9 Å². The molecule has 1 aliphatic rings. The van der Waals surface area contributed by atoms with Crippen LogP contribution in [0, 0.1) is 6.92 Å². The van der Waals surface area contributed by atoms with Crippen molar-refractivity contribution in [2.75, 3.05) is 11.5 Å². The molecule has 0 saturated carbocycles. The number of hydrogen-bond donors (Lipinski definition) is 1. The van der Waals surface area contributed by atoms with Crippen LogP contribution in [-0.4, -0.2) is 43.8 Å². The van der Waals surface area contributed by atoms with Crippen molar-refractivity contribution in [2.45, 2.75) is 31.9 Å². The average Bonchev–Trinajstić information content (AvgIpc) is 3.37. The maximum Gasteiger partial charge on any atom is 0.422 e. The summed E-state index contributed by atoms with van der Waals surface area (Å²) >= 11 is 0. The van der Waals surface area contributed by atoms with Crippen LogP contribution in [0.5, 0.6) is 5.75 Å². The van der Waals surface area contributed by atoms with Gasteiger partial charge in [-0.2, -0.15) is 18.2 Å². The van der Waals surface area contributed by atoms with Gasteiger partial charge in [-0.1, -0.05) is 18.2 Å². The van der Waals surface area contributed by atoms with Crippen LogP contribution in [-0.2, 0) is 16.6 Å². The van der Waals surface area contributed by atoms with Crippen LogP contribution < -0.4 is 9.64 Å². The van der Waals surface area contributed by atoms with Gasteiger partial charge in [0.15, 0.2) is 6.61 Å². The Morgan fingerprint density at radius 2 is 1.83 bits per heavy atom. The Kier molecular flexibility index (Phi) is 5.70. The lowest BCUT2D eigenvalue weighted by Crippen LogP contribution is -2.38. The molecular formula is C25H21F3N6O2. The molecule has 5 rings (SSSR count). The zero-order valence-electron chi connectivity index (χ0n) is 19.4. The molecule has 11 heteroatoms. The minimum atomic E-state index is -4.44. The molecule has 8 nitrogen and oxygen atoms in total. The van der Waals surface area contributed by atoms with Gasteiger partial charge in [0.2, 0.25) is 5.91 Å². The van der Waals surface area contributed by atoms with Crippen molar-refractivity contribution in [2.24, 2.45) is 0 Å². The fourth-order valence-corrected chi connectivity index (χ4v) is 4.38. The number of aromatic amines is 1. The Bertz CT molecular complexity index is 1420. The summed E-state index contributed by atoms with van der Waals surface area (Å²) in [4.78, 5) is 27.8. The first-order chi connectivity index (χ1) is 17.1. The van der Waals surface area contributed by atoms with E-state index in [9.17, 15) is 18.0 Å². The van der Waals surface area contributed by atoms with E-state index in [-0.39, 0.29) is 17.6 Å². The Labute approximate surface area is 204 Å². The molecule has 0 saturated heterocycles. The molecule has 1 unspecified atom stereocenters. The third-order valence-corrected chi connectivity index (χ3v) is 6.03. The van der Waals surface area contributed by atoms with Gasteiger partial charge >= 0.3 is 6.18 Å². The molecule has 0 bridgehead atoms. The summed E-state index contributed by atoms with van der Waals surface area (Å²) in [5.41, 5.74) is 2.53. The van der Waals surface area contributed by atoms with Gasteiger partial charge in [-0.25, -0.2) is 14.9 Å². The average molecular weight is 494 g/mol. The Morgan fingerprint density at radius 3 is 2.53 bits per heavy atom. The molecule has 0 radical (unpaired) electrons. The van der Waals surface area contributed by atoms with Gasteiger partial charge in [0.25, 0.3) is 5.95 Å². The molecular weight excluding hydrogens is 473 g/mol. The standard InChI is InChI=1S/C25H21F3N6O2/c1-15-31-23(33-32-15)34-21-7-6-18(17-4-3-5-19(8-17)36-13-25(26,27)28)9-20(21)24(2,22(34)35)10-16-11-29-14-30-12-16/h3-9,11-12,14H,10,13H2,1-2H3,(H,31,32,33). The molecule has 0 spiro atoms. The number of aromatic nitrogens is 5. The van der Waals surface area contributed by atoms with Gasteiger partial charge < -0.3 is 4.74 Å². The topological polar surface area (TPSA) is 96.9 Å². The predicted octanol–water partition coefficient (Wildman–Crippen LogP) is 4.69. The number of halogens is 3. The second-order valence-corrected chi connectivity index (χ2v) is 8.78. The van der Waals surface area contributed by atoms with E-state index in [0.717, 1.165) is 16.7 Å². The fraction of sp³-hybridized carbons (Fsp3) is 0.240. The predicted molar refractivity (Wildman–Crippen MR) is 125 cm³/mol. The number of ether oxygens (including phenoxy) is 1. The highest BCUT2D eigenvalue weighted by atomic mass is 19.4. The van der Waals surface area contributed by atoms with Crippen LogP contribution >= 0.6 is 0 Å². The molecule has 1 atom stereocenters. The van der Waals surface area contributed by atoms with E-state index in [0.29, 0.717) is 23.5 Å². The number of amides is 1. The third kappa shape index (κ3) is 4.39. The number of anilines is 2. The first-order valence-electron chi connectivity index (χ1n) is 11.1. The largest absolute Gasteiger partial charge is 0.484 e. The monoisotopic (exact) mass is 494 g/mol. The van der Waals surface area contributed by atoms with E-state index in [4.69, 9.17) is 4.74 Å². The normalized spacial score (nSPS) is 17.4. The van der Waals surface area contributed by atoms with Crippen molar-refractivity contribution in [3.05, 3.63) is 78.1 Å². The first kappa shape index (κ1) is 23.5. The van der Waals surface area contributed by atoms with Crippen LogP contribution in [0.2, 0.25) is 0 Å². The van der Waals surface area contributed by atoms with Crippen LogP contribution in [0.25, 0.3) is 11.1 Å². The van der Waals surface area contributed by atoms with E-state index in [1.54, 1.807) is 49.6 Å². The highest BCUT2D eigenvalue weighted by Gasteiger charge is 2.49. The van der Waals surface area contributed by atoms with Gasteiger partial charge in [-0.3, -0.25) is 9.89 Å². The van der Waals surface area contributed by atoms with Crippen LogP contribution in [0.15, 0.2) is 61.2 Å². The summed E-state index contributed by atoms with van der Waals surface area (Å²) in [6.07, 6.45) is 0.643. The Morgan fingerprint density at radius 1 is 1.08 bits per heavy atom. The number of nitrogens with zero attached hydrogens (tertiary/aromatic N) is 5. The fourth-order valence-electron chi connectivity index (χ4n) is 4.38. The molecule has 0 fully saturated rings. The highest BCUT2D eigenvalue weighted by molar-refractivity contribution is 6.12. The minimum Gasteiger partial charge on any atom is -0.484 e. The highest BCUT2D eigenvalue weighted by Crippen LogP contribution is 2.47.